The van der Waals surface area contributed by atoms with E-state index in [1.807, 2.05) is 18.2 Å². The van der Waals surface area contributed by atoms with Crippen molar-refractivity contribution in [3.05, 3.63) is 59.3 Å². The number of anilines is 1. The number of rotatable bonds is 3. The van der Waals surface area contributed by atoms with Crippen LogP contribution in [0.3, 0.4) is 0 Å². The number of nitrogens with one attached hydrogen (secondary N) is 1. The van der Waals surface area contributed by atoms with Crippen LogP contribution in [0.5, 0.6) is 5.75 Å². The van der Waals surface area contributed by atoms with Gasteiger partial charge >= 0.3 is 12.0 Å². The summed E-state index contributed by atoms with van der Waals surface area (Å²) in [7, 11) is 1.61. The van der Waals surface area contributed by atoms with Crippen molar-refractivity contribution in [2.24, 2.45) is 0 Å². The number of aromatic nitrogens is 1. The van der Waals surface area contributed by atoms with Crippen LogP contribution in [0.15, 0.2) is 42.5 Å². The van der Waals surface area contributed by atoms with Gasteiger partial charge in [-0.2, -0.15) is 0 Å². The van der Waals surface area contributed by atoms with Crippen LogP contribution in [0.4, 0.5) is 10.5 Å². The fourth-order valence-corrected chi connectivity index (χ4v) is 4.53. The Labute approximate surface area is 171 Å². The van der Waals surface area contributed by atoms with Gasteiger partial charge in [-0.25, -0.2) is 14.5 Å². The number of benzene rings is 2. The quantitative estimate of drug-likeness (QED) is 0.652. The molecule has 1 saturated heterocycles. The number of carbonyl (C=O) groups is 3. The van der Waals surface area contributed by atoms with Crippen molar-refractivity contribution in [1.82, 2.24) is 9.88 Å². The molecule has 1 fully saturated rings. The number of hydrogen-bond donors (Lipinski definition) is 2. The van der Waals surface area contributed by atoms with E-state index >= 15 is 0 Å². The summed E-state index contributed by atoms with van der Waals surface area (Å²) in [5, 5.41) is 10.1. The zero-order valence-electron chi connectivity index (χ0n) is 16.4. The smallest absolute Gasteiger partial charge is 0.335 e. The lowest BCUT2D eigenvalue weighted by atomic mass is 9.87. The second kappa shape index (κ2) is 6.09. The van der Waals surface area contributed by atoms with Crippen molar-refractivity contribution in [2.45, 2.75) is 18.9 Å². The number of ether oxygens (including phenoxy) is 1. The molecule has 0 bridgehead atoms. The van der Waals surface area contributed by atoms with Gasteiger partial charge in [0, 0.05) is 17.4 Å². The van der Waals surface area contributed by atoms with E-state index in [0.717, 1.165) is 27.1 Å². The van der Waals surface area contributed by atoms with E-state index in [-0.39, 0.29) is 11.5 Å². The highest BCUT2D eigenvalue weighted by Gasteiger charge is 2.59. The fourth-order valence-electron chi connectivity index (χ4n) is 4.53. The largest absolute Gasteiger partial charge is 0.497 e. The molecule has 2 aliphatic rings. The lowest BCUT2D eigenvalue weighted by Gasteiger charge is -2.35. The number of carboxylic acid groups (broad SMARTS) is 1. The van der Waals surface area contributed by atoms with Gasteiger partial charge in [0.1, 0.15) is 5.75 Å². The number of nitrogens with zero attached hydrogens (tertiary/aromatic N) is 2. The van der Waals surface area contributed by atoms with E-state index in [9.17, 15) is 14.4 Å². The van der Waals surface area contributed by atoms with Gasteiger partial charge in [-0.3, -0.25) is 4.79 Å². The van der Waals surface area contributed by atoms with E-state index in [1.165, 1.54) is 24.3 Å². The molecule has 2 aliphatic heterocycles. The monoisotopic (exact) mass is 405 g/mol. The highest BCUT2D eigenvalue weighted by Crippen LogP contribution is 2.45. The normalized spacial score (nSPS) is 20.5. The van der Waals surface area contributed by atoms with Gasteiger partial charge in [-0.15, -0.1) is 0 Å². The number of urea groups is 1. The maximum Gasteiger partial charge on any atom is 0.335 e. The van der Waals surface area contributed by atoms with Crippen LogP contribution in [0.2, 0.25) is 0 Å². The van der Waals surface area contributed by atoms with Crippen LogP contribution in [0.25, 0.3) is 10.9 Å². The molecule has 1 aromatic heterocycles. The number of aromatic carboxylic acids is 1. The van der Waals surface area contributed by atoms with Crippen molar-refractivity contribution < 1.29 is 24.2 Å². The summed E-state index contributed by atoms with van der Waals surface area (Å²) >= 11 is 0. The molecule has 5 rings (SSSR count). The number of H-pyrrole nitrogens is 1. The van der Waals surface area contributed by atoms with Crippen molar-refractivity contribution >= 4 is 34.5 Å². The molecule has 3 aromatic rings. The highest BCUT2D eigenvalue weighted by atomic mass is 16.5. The number of fused-ring (bicyclic) bond motifs is 5. The SMILES string of the molecule is COc1ccc2[nH]c3c(c2c1)CCN1C(=O)N(c2ccc(C(=O)O)cc2)C(=O)C31C. The maximum absolute atomic E-state index is 13.6. The molecule has 0 aliphatic carbocycles. The molecule has 30 heavy (non-hydrogen) atoms. The predicted molar refractivity (Wildman–Crippen MR) is 109 cm³/mol. The molecule has 3 heterocycles. The lowest BCUT2D eigenvalue weighted by molar-refractivity contribution is -0.125. The summed E-state index contributed by atoms with van der Waals surface area (Å²) in [6.07, 6.45) is 0.614. The van der Waals surface area contributed by atoms with Gasteiger partial charge in [0.15, 0.2) is 5.54 Å². The first-order valence-electron chi connectivity index (χ1n) is 9.55. The minimum absolute atomic E-state index is 0.0913. The van der Waals surface area contributed by atoms with Gasteiger partial charge in [0.25, 0.3) is 5.91 Å². The standard InChI is InChI=1S/C22H19N3O5/c1-22-18-15(16-11-14(30-2)7-8-17(16)23-18)9-10-24(22)21(29)25(20(22)28)13-5-3-12(4-6-13)19(26)27/h3-8,11,23H,9-10H2,1-2H3,(H,26,27). The van der Waals surface area contributed by atoms with Crippen LogP contribution >= 0.6 is 0 Å². The molecule has 2 aromatic carbocycles. The number of amides is 3. The first-order chi connectivity index (χ1) is 14.4. The fraction of sp³-hybridized carbons (Fsp3) is 0.227. The number of aromatic amines is 1. The van der Waals surface area contributed by atoms with E-state index in [4.69, 9.17) is 9.84 Å². The molecule has 1 unspecified atom stereocenters. The summed E-state index contributed by atoms with van der Waals surface area (Å²) in [6, 6.07) is 11.0. The Morgan fingerprint density at radius 2 is 1.90 bits per heavy atom. The van der Waals surface area contributed by atoms with Crippen LogP contribution < -0.4 is 9.64 Å². The third kappa shape index (κ3) is 2.24. The Hall–Kier alpha value is -3.81. The van der Waals surface area contributed by atoms with E-state index in [2.05, 4.69) is 4.98 Å². The van der Waals surface area contributed by atoms with Gasteiger partial charge in [0.2, 0.25) is 0 Å². The molecule has 0 saturated carbocycles. The van der Waals surface area contributed by atoms with Crippen LogP contribution in [0.1, 0.15) is 28.5 Å². The van der Waals surface area contributed by atoms with Crippen molar-refractivity contribution in [3.63, 3.8) is 0 Å². The summed E-state index contributed by atoms with van der Waals surface area (Å²) in [5.41, 5.74) is 1.88. The summed E-state index contributed by atoms with van der Waals surface area (Å²) in [4.78, 5) is 43.9. The number of carbonyl (C=O) groups excluding carboxylic acids is 2. The Morgan fingerprint density at radius 3 is 2.57 bits per heavy atom. The lowest BCUT2D eigenvalue weighted by Crippen LogP contribution is -2.49. The Bertz CT molecular complexity index is 1230. The second-order valence-electron chi connectivity index (χ2n) is 7.64. The first kappa shape index (κ1) is 18.2. The van der Waals surface area contributed by atoms with Crippen LogP contribution in [-0.4, -0.2) is 46.6 Å². The van der Waals surface area contributed by atoms with Crippen LogP contribution in [-0.2, 0) is 16.8 Å². The molecule has 0 spiro atoms. The maximum atomic E-state index is 13.6. The van der Waals surface area contributed by atoms with Crippen molar-refractivity contribution in [1.29, 1.82) is 0 Å². The van der Waals surface area contributed by atoms with Crippen LogP contribution in [0, 0.1) is 0 Å². The zero-order chi connectivity index (χ0) is 21.2. The Balaban J connectivity index is 1.62. The number of imide groups is 1. The van der Waals surface area contributed by atoms with Gasteiger partial charge in [0.05, 0.1) is 24.1 Å². The molecule has 0 radical (unpaired) electrons. The first-order valence-corrected chi connectivity index (χ1v) is 9.55. The number of carboxylic acids is 1. The molecular formula is C22H19N3O5. The summed E-state index contributed by atoms with van der Waals surface area (Å²) < 4.78 is 5.34. The number of methoxy groups -OCH3 is 1. The zero-order valence-corrected chi connectivity index (χ0v) is 16.4. The third-order valence-corrected chi connectivity index (χ3v) is 6.14. The topological polar surface area (TPSA) is 103 Å². The minimum Gasteiger partial charge on any atom is -0.497 e. The van der Waals surface area contributed by atoms with E-state index < -0.39 is 17.5 Å². The third-order valence-electron chi connectivity index (χ3n) is 6.14. The van der Waals surface area contributed by atoms with Crippen molar-refractivity contribution in [2.75, 3.05) is 18.6 Å². The van der Waals surface area contributed by atoms with Gasteiger partial charge in [-0.05, 0) is 61.4 Å². The van der Waals surface area contributed by atoms with E-state index in [0.29, 0.717) is 24.3 Å². The summed E-state index contributed by atoms with van der Waals surface area (Å²) in [5.74, 6) is -0.705. The average Bonchev–Trinajstić information content (AvgIpc) is 3.21. The molecule has 2 N–H and O–H groups in total. The molecule has 8 heteroatoms. The Morgan fingerprint density at radius 1 is 1.17 bits per heavy atom. The predicted octanol–water partition coefficient (Wildman–Crippen LogP) is 3.11. The molecular weight excluding hydrogens is 386 g/mol. The van der Waals surface area contributed by atoms with Gasteiger partial charge in [-0.1, -0.05) is 0 Å². The molecule has 8 nitrogen and oxygen atoms in total. The second-order valence-corrected chi connectivity index (χ2v) is 7.64. The minimum atomic E-state index is -1.16. The summed E-state index contributed by atoms with van der Waals surface area (Å²) in [6.45, 7) is 2.16. The van der Waals surface area contributed by atoms with Crippen molar-refractivity contribution in [3.8, 4) is 5.75 Å². The highest BCUT2D eigenvalue weighted by molar-refractivity contribution is 6.23. The Kier molecular flexibility index (Phi) is 3.70. The number of hydrogen-bond acceptors (Lipinski definition) is 4. The average molecular weight is 405 g/mol. The van der Waals surface area contributed by atoms with E-state index in [1.54, 1.807) is 18.9 Å². The molecule has 3 amide bonds. The van der Waals surface area contributed by atoms with Gasteiger partial charge < -0.3 is 19.7 Å². The molecule has 1 atom stereocenters. The molecule has 152 valence electrons.